The zero-order valence-corrected chi connectivity index (χ0v) is 18.2. The maximum atomic E-state index is 13.9. The summed E-state index contributed by atoms with van der Waals surface area (Å²) in [6.45, 7) is 4.76. The average molecular weight is 429 g/mol. The molecule has 1 saturated heterocycles. The lowest BCUT2D eigenvalue weighted by atomic mass is 10.0. The largest absolute Gasteiger partial charge is 0.497 e. The molecule has 4 rings (SSSR count). The fourth-order valence-electron chi connectivity index (χ4n) is 4.21. The highest BCUT2D eigenvalue weighted by Crippen LogP contribution is 2.55. The third kappa shape index (κ3) is 3.35. The third-order valence-electron chi connectivity index (χ3n) is 5.51. The second-order valence-electron chi connectivity index (χ2n) is 8.04. The van der Waals surface area contributed by atoms with Gasteiger partial charge in [0.1, 0.15) is 11.6 Å². The molecule has 1 fully saturated rings. The summed E-state index contributed by atoms with van der Waals surface area (Å²) >= 11 is 1.49. The topological polar surface area (TPSA) is 49.9 Å². The summed E-state index contributed by atoms with van der Waals surface area (Å²) in [4.78, 5) is 29.2. The van der Waals surface area contributed by atoms with E-state index in [2.05, 4.69) is 0 Å². The van der Waals surface area contributed by atoms with Crippen LogP contribution in [0.2, 0.25) is 0 Å². The number of amides is 2. The van der Waals surface area contributed by atoms with Crippen LogP contribution in [0.1, 0.15) is 31.4 Å². The normalized spacial score (nSPS) is 20.4. The van der Waals surface area contributed by atoms with E-state index in [1.807, 2.05) is 32.0 Å². The SMILES string of the molecule is COc1ccc2c(c1)C1(SCCN1C(=O)CC(C)C)C(=O)N2Cc1cccc(F)c1. The Morgan fingerprint density at radius 3 is 2.77 bits per heavy atom. The van der Waals surface area contributed by atoms with Gasteiger partial charge in [0.15, 0.2) is 4.87 Å². The number of fused-ring (bicyclic) bond motifs is 2. The van der Waals surface area contributed by atoms with Crippen molar-refractivity contribution < 1.29 is 18.7 Å². The highest BCUT2D eigenvalue weighted by molar-refractivity contribution is 8.01. The van der Waals surface area contributed by atoms with Crippen LogP contribution in [0.15, 0.2) is 42.5 Å². The van der Waals surface area contributed by atoms with E-state index in [1.54, 1.807) is 29.0 Å². The molecule has 0 radical (unpaired) electrons. The van der Waals surface area contributed by atoms with Crippen LogP contribution in [-0.2, 0) is 21.0 Å². The van der Waals surface area contributed by atoms with E-state index in [0.29, 0.717) is 30.0 Å². The Hall–Kier alpha value is -2.54. The maximum absolute atomic E-state index is 13.9. The molecule has 2 aromatic carbocycles. The monoisotopic (exact) mass is 428 g/mol. The van der Waals surface area contributed by atoms with Gasteiger partial charge in [-0.3, -0.25) is 9.59 Å². The molecule has 7 heteroatoms. The lowest BCUT2D eigenvalue weighted by molar-refractivity contribution is -0.140. The first-order valence-corrected chi connectivity index (χ1v) is 11.0. The van der Waals surface area contributed by atoms with Crippen LogP contribution in [0.5, 0.6) is 5.75 Å². The van der Waals surface area contributed by atoms with Gasteiger partial charge in [0.25, 0.3) is 5.91 Å². The van der Waals surface area contributed by atoms with Crippen LogP contribution in [0.4, 0.5) is 10.1 Å². The number of nitrogens with zero attached hydrogens (tertiary/aromatic N) is 2. The first-order chi connectivity index (χ1) is 14.4. The van der Waals surface area contributed by atoms with Gasteiger partial charge in [0, 0.05) is 24.3 Å². The first-order valence-electron chi connectivity index (χ1n) is 10.1. The van der Waals surface area contributed by atoms with Crippen LogP contribution in [-0.4, -0.2) is 36.1 Å². The molecule has 2 aliphatic heterocycles. The summed E-state index contributed by atoms with van der Waals surface area (Å²) in [5.41, 5.74) is 2.20. The van der Waals surface area contributed by atoms with Crippen molar-refractivity contribution in [2.45, 2.75) is 31.7 Å². The number of carbonyl (C=O) groups is 2. The quantitative estimate of drug-likeness (QED) is 0.718. The molecule has 2 heterocycles. The Morgan fingerprint density at radius 1 is 1.27 bits per heavy atom. The molecular weight excluding hydrogens is 403 g/mol. The van der Waals surface area contributed by atoms with Gasteiger partial charge in [-0.1, -0.05) is 26.0 Å². The molecule has 5 nitrogen and oxygen atoms in total. The van der Waals surface area contributed by atoms with E-state index in [0.717, 1.165) is 11.3 Å². The van der Waals surface area contributed by atoms with E-state index in [1.165, 1.54) is 23.9 Å². The Bertz CT molecular complexity index is 996. The predicted molar refractivity (Wildman–Crippen MR) is 116 cm³/mol. The summed E-state index contributed by atoms with van der Waals surface area (Å²) in [5.74, 6) is 0.995. The second kappa shape index (κ2) is 7.95. The summed E-state index contributed by atoms with van der Waals surface area (Å²) in [5, 5.41) is 0. The van der Waals surface area contributed by atoms with Gasteiger partial charge >= 0.3 is 0 Å². The number of ether oxygens (including phenoxy) is 1. The van der Waals surface area contributed by atoms with Crippen molar-refractivity contribution in [3.8, 4) is 5.75 Å². The van der Waals surface area contributed by atoms with Gasteiger partial charge in [0.2, 0.25) is 5.91 Å². The molecule has 2 aromatic rings. The summed E-state index contributed by atoms with van der Waals surface area (Å²) in [6.07, 6.45) is 0.388. The Morgan fingerprint density at radius 2 is 2.07 bits per heavy atom. The molecule has 1 unspecified atom stereocenters. The number of benzene rings is 2. The number of hydrogen-bond acceptors (Lipinski definition) is 4. The molecular formula is C23H25FN2O3S. The second-order valence-corrected chi connectivity index (χ2v) is 9.33. The molecule has 1 atom stereocenters. The lowest BCUT2D eigenvalue weighted by Crippen LogP contribution is -2.50. The molecule has 158 valence electrons. The molecule has 2 aliphatic rings. The number of hydrogen-bond donors (Lipinski definition) is 0. The number of rotatable bonds is 5. The van der Waals surface area contributed by atoms with Crippen LogP contribution in [0.25, 0.3) is 0 Å². The summed E-state index contributed by atoms with van der Waals surface area (Å²) < 4.78 is 19.2. The average Bonchev–Trinajstić information content (AvgIpc) is 3.25. The maximum Gasteiger partial charge on any atom is 0.268 e. The smallest absolute Gasteiger partial charge is 0.268 e. The summed E-state index contributed by atoms with van der Waals surface area (Å²) in [6, 6.07) is 11.8. The number of methoxy groups -OCH3 is 1. The van der Waals surface area contributed by atoms with Crippen molar-refractivity contribution in [3.05, 3.63) is 59.4 Å². The van der Waals surface area contributed by atoms with E-state index >= 15 is 0 Å². The lowest BCUT2D eigenvalue weighted by Gasteiger charge is -2.33. The van der Waals surface area contributed by atoms with Crippen molar-refractivity contribution in [3.63, 3.8) is 0 Å². The Labute approximate surface area is 180 Å². The van der Waals surface area contributed by atoms with Crippen LogP contribution in [0, 0.1) is 11.7 Å². The fraction of sp³-hybridized carbons (Fsp3) is 0.391. The Balaban J connectivity index is 1.80. The minimum atomic E-state index is -1.09. The molecule has 0 N–H and O–H groups in total. The number of thioether (sulfide) groups is 1. The van der Waals surface area contributed by atoms with Crippen molar-refractivity contribution in [2.75, 3.05) is 24.3 Å². The predicted octanol–water partition coefficient (Wildman–Crippen LogP) is 4.16. The molecule has 30 heavy (non-hydrogen) atoms. The third-order valence-corrected chi connectivity index (χ3v) is 6.93. The van der Waals surface area contributed by atoms with Crippen molar-refractivity contribution in [1.82, 2.24) is 4.90 Å². The van der Waals surface area contributed by atoms with Gasteiger partial charge in [-0.15, -0.1) is 11.8 Å². The van der Waals surface area contributed by atoms with Crippen molar-refractivity contribution >= 4 is 29.3 Å². The van der Waals surface area contributed by atoms with Gasteiger partial charge in [-0.25, -0.2) is 4.39 Å². The van der Waals surface area contributed by atoms with E-state index in [9.17, 15) is 14.0 Å². The molecule has 0 saturated carbocycles. The molecule has 1 spiro atoms. The van der Waals surface area contributed by atoms with Crippen LogP contribution in [0.3, 0.4) is 0 Å². The minimum Gasteiger partial charge on any atom is -0.497 e. The fourth-order valence-corrected chi connectivity index (χ4v) is 5.68. The molecule has 0 bridgehead atoms. The van der Waals surface area contributed by atoms with Gasteiger partial charge in [0.05, 0.1) is 19.3 Å². The number of halogens is 1. The van der Waals surface area contributed by atoms with Crippen LogP contribution < -0.4 is 9.64 Å². The van der Waals surface area contributed by atoms with E-state index in [4.69, 9.17) is 4.74 Å². The van der Waals surface area contributed by atoms with Gasteiger partial charge in [-0.05, 0) is 41.8 Å². The Kier molecular flexibility index (Phi) is 5.49. The zero-order valence-electron chi connectivity index (χ0n) is 17.4. The zero-order chi connectivity index (χ0) is 21.5. The standard InChI is InChI=1S/C23H25FN2O3S/c1-15(2)11-21(27)26-9-10-30-23(26)19-13-18(29-3)7-8-20(19)25(22(23)28)14-16-5-4-6-17(24)12-16/h4-8,12-13,15H,9-11,14H2,1-3H3. The highest BCUT2D eigenvalue weighted by atomic mass is 32.2. The molecule has 0 aromatic heterocycles. The summed E-state index contributed by atoms with van der Waals surface area (Å²) in [7, 11) is 1.58. The van der Waals surface area contributed by atoms with E-state index < -0.39 is 4.87 Å². The number of carbonyl (C=O) groups excluding carboxylic acids is 2. The highest BCUT2D eigenvalue weighted by Gasteiger charge is 2.59. The van der Waals surface area contributed by atoms with Gasteiger partial charge in [-0.2, -0.15) is 0 Å². The van der Waals surface area contributed by atoms with Crippen molar-refractivity contribution in [1.29, 1.82) is 0 Å². The first kappa shape index (κ1) is 20.7. The molecule has 2 amide bonds. The van der Waals surface area contributed by atoms with Gasteiger partial charge < -0.3 is 14.5 Å². The van der Waals surface area contributed by atoms with Crippen LogP contribution >= 0.6 is 11.8 Å². The minimum absolute atomic E-state index is 0.0234. The number of anilines is 1. The molecule has 0 aliphatic carbocycles. The van der Waals surface area contributed by atoms with E-state index in [-0.39, 0.29) is 30.1 Å². The van der Waals surface area contributed by atoms with Crippen molar-refractivity contribution in [2.24, 2.45) is 5.92 Å².